The first-order valence-electron chi connectivity index (χ1n) is 9.63. The zero-order valence-corrected chi connectivity index (χ0v) is 17.9. The number of benzene rings is 2. The van der Waals surface area contributed by atoms with Crippen LogP contribution in [-0.4, -0.2) is 60.3 Å². The number of aryl methyl sites for hydroxylation is 1. The molecular weight excluding hydrogens is 393 g/mol. The van der Waals surface area contributed by atoms with Gasteiger partial charge in [0.05, 0.1) is 18.1 Å². The molecule has 3 rings (SSSR count). The van der Waals surface area contributed by atoms with Crippen molar-refractivity contribution in [1.29, 1.82) is 0 Å². The number of nitrogens with zero attached hydrogens (tertiary/aromatic N) is 2. The predicted octanol–water partition coefficient (Wildman–Crippen LogP) is 2.55. The van der Waals surface area contributed by atoms with Gasteiger partial charge in [0.15, 0.2) is 0 Å². The minimum Gasteiger partial charge on any atom is -0.379 e. The summed E-state index contributed by atoms with van der Waals surface area (Å²) >= 11 is 0. The van der Waals surface area contributed by atoms with Crippen LogP contribution in [0.4, 0.5) is 10.1 Å². The molecule has 0 aliphatic carbocycles. The van der Waals surface area contributed by atoms with Crippen LogP contribution in [0.25, 0.3) is 0 Å². The van der Waals surface area contributed by atoms with Gasteiger partial charge in [-0.15, -0.1) is 0 Å². The summed E-state index contributed by atoms with van der Waals surface area (Å²) in [4.78, 5) is 4.35. The fraction of sp³-hybridized carbons (Fsp3) is 0.429. The lowest BCUT2D eigenvalue weighted by Crippen LogP contribution is -2.43. The highest BCUT2D eigenvalue weighted by atomic mass is 32.2. The molecule has 1 heterocycles. The van der Waals surface area contributed by atoms with Crippen LogP contribution < -0.4 is 9.62 Å². The third kappa shape index (κ3) is 5.33. The van der Waals surface area contributed by atoms with E-state index in [0.29, 0.717) is 18.8 Å². The molecule has 0 bridgehead atoms. The van der Waals surface area contributed by atoms with Crippen LogP contribution >= 0.6 is 0 Å². The fourth-order valence-electron chi connectivity index (χ4n) is 3.52. The highest BCUT2D eigenvalue weighted by Crippen LogP contribution is 2.25. The number of hydrogen-bond acceptors (Lipinski definition) is 5. The Morgan fingerprint density at radius 1 is 1.14 bits per heavy atom. The molecule has 1 fully saturated rings. The van der Waals surface area contributed by atoms with Crippen LogP contribution in [0.1, 0.15) is 17.2 Å². The van der Waals surface area contributed by atoms with Gasteiger partial charge in [0.25, 0.3) is 0 Å². The van der Waals surface area contributed by atoms with E-state index in [1.807, 2.05) is 43.3 Å². The normalized spacial score (nSPS) is 16.6. The topological polar surface area (TPSA) is 61.9 Å². The fourth-order valence-corrected chi connectivity index (χ4v) is 4.79. The Morgan fingerprint density at radius 2 is 1.79 bits per heavy atom. The number of morpholine rings is 1. The Labute approximate surface area is 172 Å². The van der Waals surface area contributed by atoms with E-state index in [1.165, 1.54) is 18.2 Å². The summed E-state index contributed by atoms with van der Waals surface area (Å²) in [7, 11) is 0.206. The molecule has 0 unspecified atom stereocenters. The van der Waals surface area contributed by atoms with E-state index in [1.54, 1.807) is 6.92 Å². The number of sulfonamides is 1. The van der Waals surface area contributed by atoms with Crippen LogP contribution in [0.3, 0.4) is 0 Å². The van der Waals surface area contributed by atoms with Crippen LogP contribution in [0.15, 0.2) is 47.4 Å². The molecule has 2 aromatic rings. The van der Waals surface area contributed by atoms with Gasteiger partial charge < -0.3 is 9.64 Å². The highest BCUT2D eigenvalue weighted by molar-refractivity contribution is 7.89. The Balaban J connectivity index is 1.82. The van der Waals surface area contributed by atoms with Crippen molar-refractivity contribution in [3.63, 3.8) is 0 Å². The maximum Gasteiger partial charge on any atom is 0.240 e. The third-order valence-electron chi connectivity index (χ3n) is 5.17. The number of anilines is 1. The molecule has 1 aliphatic rings. The van der Waals surface area contributed by atoms with Crippen molar-refractivity contribution in [2.24, 2.45) is 0 Å². The van der Waals surface area contributed by atoms with Crippen molar-refractivity contribution in [1.82, 2.24) is 9.62 Å². The second-order valence-corrected chi connectivity index (χ2v) is 9.15. The van der Waals surface area contributed by atoms with Crippen LogP contribution in [-0.2, 0) is 14.8 Å². The van der Waals surface area contributed by atoms with Crippen LogP contribution in [0.5, 0.6) is 0 Å². The average molecular weight is 422 g/mol. The van der Waals surface area contributed by atoms with Gasteiger partial charge in [0.2, 0.25) is 10.0 Å². The first-order chi connectivity index (χ1) is 13.8. The van der Waals surface area contributed by atoms with E-state index in [-0.39, 0.29) is 17.5 Å². The maximum absolute atomic E-state index is 13.4. The Kier molecular flexibility index (Phi) is 6.89. The number of nitrogens with one attached hydrogen (secondary N) is 1. The highest BCUT2D eigenvalue weighted by Gasteiger charge is 2.26. The van der Waals surface area contributed by atoms with E-state index < -0.39 is 15.8 Å². The summed E-state index contributed by atoms with van der Waals surface area (Å²) in [6.07, 6.45) is 0. The molecule has 2 aromatic carbocycles. The van der Waals surface area contributed by atoms with Gasteiger partial charge in [-0.1, -0.05) is 12.1 Å². The van der Waals surface area contributed by atoms with Crippen molar-refractivity contribution in [3.8, 4) is 0 Å². The van der Waals surface area contributed by atoms with E-state index in [0.717, 1.165) is 24.3 Å². The summed E-state index contributed by atoms with van der Waals surface area (Å²) in [5.41, 5.74) is 2.50. The lowest BCUT2D eigenvalue weighted by atomic mass is 10.0. The molecule has 1 atom stereocenters. The van der Waals surface area contributed by atoms with Gasteiger partial charge in [0, 0.05) is 45.5 Å². The summed E-state index contributed by atoms with van der Waals surface area (Å²) in [5, 5.41) is 0. The van der Waals surface area contributed by atoms with E-state index in [9.17, 15) is 12.8 Å². The summed E-state index contributed by atoms with van der Waals surface area (Å²) < 4.78 is 47.2. The van der Waals surface area contributed by atoms with Crippen molar-refractivity contribution in [3.05, 3.63) is 59.4 Å². The van der Waals surface area contributed by atoms with Gasteiger partial charge in [-0.3, -0.25) is 4.90 Å². The lowest BCUT2D eigenvalue weighted by Gasteiger charge is -2.35. The number of ether oxygens (including phenoxy) is 1. The Hall–Kier alpha value is -2.00. The largest absolute Gasteiger partial charge is 0.379 e. The lowest BCUT2D eigenvalue weighted by molar-refractivity contribution is 0.0172. The average Bonchev–Trinajstić information content (AvgIpc) is 2.69. The quantitative estimate of drug-likeness (QED) is 0.745. The first-order valence-corrected chi connectivity index (χ1v) is 11.1. The monoisotopic (exact) mass is 421 g/mol. The Morgan fingerprint density at radius 3 is 2.38 bits per heavy atom. The van der Waals surface area contributed by atoms with E-state index in [4.69, 9.17) is 4.74 Å². The molecule has 29 heavy (non-hydrogen) atoms. The van der Waals surface area contributed by atoms with E-state index in [2.05, 4.69) is 9.62 Å². The third-order valence-corrected chi connectivity index (χ3v) is 6.76. The molecule has 0 saturated carbocycles. The second-order valence-electron chi connectivity index (χ2n) is 7.41. The van der Waals surface area contributed by atoms with Gasteiger partial charge in [0.1, 0.15) is 5.82 Å². The van der Waals surface area contributed by atoms with Gasteiger partial charge in [-0.25, -0.2) is 17.5 Å². The molecule has 1 N–H and O–H groups in total. The molecule has 6 nitrogen and oxygen atoms in total. The van der Waals surface area contributed by atoms with E-state index >= 15 is 0 Å². The molecule has 0 amide bonds. The smallest absolute Gasteiger partial charge is 0.240 e. The molecular formula is C21H28FN3O3S. The van der Waals surface area contributed by atoms with Crippen molar-refractivity contribution < 1.29 is 17.5 Å². The molecule has 1 saturated heterocycles. The predicted molar refractivity (Wildman–Crippen MR) is 112 cm³/mol. The first kappa shape index (κ1) is 21.7. The minimum absolute atomic E-state index is 0.0996. The maximum atomic E-state index is 13.4. The Bertz CT molecular complexity index is 927. The molecule has 8 heteroatoms. The SMILES string of the molecule is Cc1cc(F)ccc1S(=O)(=O)NC[C@H](c1ccc(N(C)C)cc1)N1CCOCC1. The standard InChI is InChI=1S/C21H28FN3O3S/c1-16-14-18(22)6-9-21(16)29(26,27)23-15-20(25-10-12-28-13-11-25)17-4-7-19(8-5-17)24(2)3/h4-9,14,20,23H,10-13,15H2,1-3H3/t20-/m1/s1. The second kappa shape index (κ2) is 9.21. The molecule has 0 spiro atoms. The van der Waals surface area contributed by atoms with Crippen LogP contribution in [0, 0.1) is 12.7 Å². The summed E-state index contributed by atoms with van der Waals surface area (Å²) in [5.74, 6) is -0.450. The minimum atomic E-state index is -3.75. The van der Waals surface area contributed by atoms with Crippen molar-refractivity contribution in [2.45, 2.75) is 17.9 Å². The van der Waals surface area contributed by atoms with Gasteiger partial charge in [-0.05, 0) is 48.4 Å². The zero-order chi connectivity index (χ0) is 21.0. The molecule has 0 aromatic heterocycles. The van der Waals surface area contributed by atoms with Gasteiger partial charge >= 0.3 is 0 Å². The van der Waals surface area contributed by atoms with Crippen LogP contribution in [0.2, 0.25) is 0 Å². The number of rotatable bonds is 7. The summed E-state index contributed by atoms with van der Waals surface area (Å²) in [6.45, 7) is 4.53. The van der Waals surface area contributed by atoms with Crippen molar-refractivity contribution >= 4 is 15.7 Å². The molecule has 0 radical (unpaired) electrons. The molecule has 1 aliphatic heterocycles. The number of hydrogen-bond donors (Lipinski definition) is 1. The summed E-state index contributed by atoms with van der Waals surface area (Å²) in [6, 6.07) is 11.7. The molecule has 158 valence electrons. The van der Waals surface area contributed by atoms with Crippen molar-refractivity contribution in [2.75, 3.05) is 51.8 Å². The number of halogens is 1. The van der Waals surface area contributed by atoms with Gasteiger partial charge in [-0.2, -0.15) is 0 Å². The zero-order valence-electron chi connectivity index (χ0n) is 17.1.